The van der Waals surface area contributed by atoms with Gasteiger partial charge in [-0.05, 0) is 138 Å². The Hall–Kier alpha value is -7.74. The standard InChI is InChI=1S/C58H41N/c1-4-14-42(15-5-1)45-26-32-54(33-27-45)59(55-34-28-46(29-35-55)49-22-12-23-50(38-49)58-25-13-21-48-20-10-11-24-57(48)58)56-36-30-47(31-37-56)53-40-51(43-16-6-2-7-17-43)39-52(41-53)44-18-8-3-9-19-44/h1-41H/i28D,29D,30D,31D,34D,35D,36D,37D. The third-order valence-electron chi connectivity index (χ3n) is 10.6. The smallest absolute Gasteiger partial charge is 0.0645 e. The second-order valence-electron chi connectivity index (χ2n) is 14.3. The number of anilines is 3. The van der Waals surface area contributed by atoms with Gasteiger partial charge >= 0.3 is 0 Å². The molecule has 0 saturated heterocycles. The van der Waals surface area contributed by atoms with E-state index in [2.05, 4.69) is 0 Å². The van der Waals surface area contributed by atoms with Crippen LogP contribution in [0.2, 0.25) is 0 Å². The fourth-order valence-corrected chi connectivity index (χ4v) is 7.61. The molecule has 0 aliphatic carbocycles. The summed E-state index contributed by atoms with van der Waals surface area (Å²) in [6.07, 6.45) is 0. The van der Waals surface area contributed by atoms with Crippen LogP contribution in [0, 0.1) is 0 Å². The molecular weight excluding hydrogens is 711 g/mol. The van der Waals surface area contributed by atoms with E-state index in [1.165, 1.54) is 4.90 Å². The van der Waals surface area contributed by atoms with E-state index in [1.54, 1.807) is 18.2 Å². The summed E-state index contributed by atoms with van der Waals surface area (Å²) in [4.78, 5) is 1.35. The summed E-state index contributed by atoms with van der Waals surface area (Å²) in [6, 6.07) is 61.0. The van der Waals surface area contributed by atoms with Crippen LogP contribution in [0.25, 0.3) is 77.5 Å². The summed E-state index contributed by atoms with van der Waals surface area (Å²) in [7, 11) is 0. The number of benzene rings is 10. The molecule has 0 atom stereocenters. The van der Waals surface area contributed by atoms with Crippen LogP contribution in [0.15, 0.2) is 249 Å². The van der Waals surface area contributed by atoms with Crippen molar-refractivity contribution in [1.82, 2.24) is 0 Å². The van der Waals surface area contributed by atoms with E-state index >= 15 is 0 Å². The summed E-state index contributed by atoms with van der Waals surface area (Å²) in [5, 5.41) is 2.10. The Bertz CT molecular complexity index is 3370. The summed E-state index contributed by atoms with van der Waals surface area (Å²) in [5.74, 6) is 0. The van der Waals surface area contributed by atoms with E-state index < -0.39 is 24.2 Å². The SMILES string of the molecule is [2H]c1c([2H])c(N(c2ccc(-c3ccccc3)cc2)c2c([2H])c([2H])c(-c3cccc(-c4cccc5ccccc45)c3)c([2H])c2[2H])c([2H])c([2H])c1-c1cc(-c2ccccc2)cc(-c2ccccc2)c1. The van der Waals surface area contributed by atoms with Crippen molar-refractivity contribution in [1.29, 1.82) is 0 Å². The van der Waals surface area contributed by atoms with E-state index in [0.29, 0.717) is 16.8 Å². The van der Waals surface area contributed by atoms with Crippen molar-refractivity contribution in [2.24, 2.45) is 0 Å². The van der Waals surface area contributed by atoms with Gasteiger partial charge in [0, 0.05) is 17.1 Å². The highest BCUT2D eigenvalue weighted by atomic mass is 15.1. The maximum atomic E-state index is 9.70. The van der Waals surface area contributed by atoms with Crippen LogP contribution in [-0.2, 0) is 0 Å². The number of nitrogens with zero attached hydrogens (tertiary/aromatic N) is 1. The Labute approximate surface area is 358 Å². The first kappa shape index (κ1) is 27.8. The van der Waals surface area contributed by atoms with Crippen molar-refractivity contribution in [3.05, 3.63) is 249 Å². The predicted octanol–water partition coefficient (Wildman–Crippen LogP) is 16.3. The van der Waals surface area contributed by atoms with Crippen molar-refractivity contribution in [3.8, 4) is 66.8 Å². The van der Waals surface area contributed by atoms with Gasteiger partial charge in [0.15, 0.2) is 0 Å². The van der Waals surface area contributed by atoms with Crippen LogP contribution in [0.5, 0.6) is 0 Å². The number of hydrogen-bond acceptors (Lipinski definition) is 1. The molecule has 0 heterocycles. The molecule has 0 aliphatic rings. The lowest BCUT2D eigenvalue weighted by atomic mass is 9.93. The summed E-state index contributed by atoms with van der Waals surface area (Å²) in [5.41, 5.74) is 8.24. The molecule has 10 aromatic carbocycles. The Kier molecular flexibility index (Phi) is 7.54. The van der Waals surface area contributed by atoms with E-state index in [9.17, 15) is 11.0 Å². The van der Waals surface area contributed by atoms with Crippen molar-refractivity contribution in [3.63, 3.8) is 0 Å². The average Bonchev–Trinajstić information content (AvgIpc) is 3.38. The van der Waals surface area contributed by atoms with E-state index in [0.717, 1.165) is 55.3 Å². The number of hydrogen-bond donors (Lipinski definition) is 0. The Balaban J connectivity index is 1.17. The zero-order chi connectivity index (χ0) is 46.3. The van der Waals surface area contributed by atoms with Crippen molar-refractivity contribution < 1.29 is 11.0 Å². The highest BCUT2D eigenvalue weighted by Crippen LogP contribution is 2.40. The highest BCUT2D eigenvalue weighted by Gasteiger charge is 2.15. The Morgan fingerprint density at radius 2 is 0.644 bits per heavy atom. The van der Waals surface area contributed by atoms with Gasteiger partial charge in [0.25, 0.3) is 0 Å². The first-order chi connectivity index (χ1) is 32.6. The number of fused-ring (bicyclic) bond motifs is 1. The van der Waals surface area contributed by atoms with Crippen LogP contribution < -0.4 is 4.90 Å². The van der Waals surface area contributed by atoms with Gasteiger partial charge in [0.1, 0.15) is 0 Å². The zero-order valence-corrected chi connectivity index (χ0v) is 32.0. The normalized spacial score (nSPS) is 12.9. The van der Waals surface area contributed by atoms with E-state index in [1.807, 2.05) is 182 Å². The molecule has 10 aromatic rings. The molecule has 0 amide bonds. The van der Waals surface area contributed by atoms with Crippen LogP contribution in [0.4, 0.5) is 17.1 Å². The minimum Gasteiger partial charge on any atom is -0.311 e. The van der Waals surface area contributed by atoms with Gasteiger partial charge in [-0.25, -0.2) is 0 Å². The summed E-state index contributed by atoms with van der Waals surface area (Å²) in [6.45, 7) is 0. The van der Waals surface area contributed by atoms with Crippen LogP contribution in [-0.4, -0.2) is 0 Å². The minimum atomic E-state index is -0.404. The van der Waals surface area contributed by atoms with Gasteiger partial charge in [-0.1, -0.05) is 188 Å². The lowest BCUT2D eigenvalue weighted by Crippen LogP contribution is -2.09. The molecule has 1 nitrogen and oxygen atoms in total. The van der Waals surface area contributed by atoms with E-state index in [4.69, 9.17) is 0 Å². The zero-order valence-electron chi connectivity index (χ0n) is 40.0. The third kappa shape index (κ3) is 7.46. The van der Waals surface area contributed by atoms with Gasteiger partial charge in [-0.15, -0.1) is 0 Å². The molecule has 0 unspecified atom stereocenters. The Morgan fingerprint density at radius 3 is 1.22 bits per heavy atom. The fourth-order valence-electron chi connectivity index (χ4n) is 7.61. The molecule has 1 heteroatoms. The third-order valence-corrected chi connectivity index (χ3v) is 10.6. The first-order valence-electron chi connectivity index (χ1n) is 23.6. The van der Waals surface area contributed by atoms with Crippen molar-refractivity contribution in [2.45, 2.75) is 0 Å². The second-order valence-corrected chi connectivity index (χ2v) is 14.3. The molecule has 0 saturated carbocycles. The molecule has 0 aliphatic heterocycles. The molecule has 0 aromatic heterocycles. The topological polar surface area (TPSA) is 3.24 Å². The maximum absolute atomic E-state index is 9.70. The highest BCUT2D eigenvalue weighted by molar-refractivity contribution is 5.97. The lowest BCUT2D eigenvalue weighted by molar-refractivity contribution is 1.28. The van der Waals surface area contributed by atoms with Crippen molar-refractivity contribution in [2.75, 3.05) is 4.90 Å². The quantitative estimate of drug-likeness (QED) is 0.142. The summed E-state index contributed by atoms with van der Waals surface area (Å²) >= 11 is 0. The van der Waals surface area contributed by atoms with Crippen LogP contribution in [0.3, 0.4) is 0 Å². The largest absolute Gasteiger partial charge is 0.311 e. The van der Waals surface area contributed by atoms with Crippen molar-refractivity contribution >= 4 is 27.8 Å². The molecule has 278 valence electrons. The molecule has 0 radical (unpaired) electrons. The molecule has 0 bridgehead atoms. The summed E-state index contributed by atoms with van der Waals surface area (Å²) < 4.78 is 77.0. The van der Waals surface area contributed by atoms with Crippen LogP contribution >= 0.6 is 0 Å². The lowest BCUT2D eigenvalue weighted by Gasteiger charge is -2.26. The molecule has 0 spiro atoms. The predicted molar refractivity (Wildman–Crippen MR) is 251 cm³/mol. The molecule has 0 N–H and O–H groups in total. The van der Waals surface area contributed by atoms with Gasteiger partial charge in [-0.2, -0.15) is 0 Å². The van der Waals surface area contributed by atoms with Gasteiger partial charge in [-0.3, -0.25) is 0 Å². The fraction of sp³-hybridized carbons (Fsp3) is 0. The average molecular weight is 760 g/mol. The van der Waals surface area contributed by atoms with Gasteiger partial charge < -0.3 is 4.90 Å². The molecular formula is C58H41N. The molecule has 0 fully saturated rings. The number of rotatable bonds is 9. The maximum Gasteiger partial charge on any atom is 0.0645 e. The Morgan fingerprint density at radius 1 is 0.254 bits per heavy atom. The molecule has 10 rings (SSSR count). The second kappa shape index (κ2) is 16.0. The monoisotopic (exact) mass is 759 g/mol. The minimum absolute atomic E-state index is 0.0917. The van der Waals surface area contributed by atoms with Crippen LogP contribution in [0.1, 0.15) is 11.0 Å². The van der Waals surface area contributed by atoms with Gasteiger partial charge in [0.2, 0.25) is 0 Å². The first-order valence-corrected chi connectivity index (χ1v) is 19.6. The van der Waals surface area contributed by atoms with E-state index in [-0.39, 0.29) is 46.7 Å². The van der Waals surface area contributed by atoms with Gasteiger partial charge in [0.05, 0.1) is 11.0 Å². The molecule has 59 heavy (non-hydrogen) atoms.